The highest BCUT2D eigenvalue weighted by Crippen LogP contribution is 2.33. The van der Waals surface area contributed by atoms with E-state index in [1.54, 1.807) is 12.3 Å². The number of carbonyl (C=O) groups is 2. The van der Waals surface area contributed by atoms with Crippen molar-refractivity contribution in [2.75, 3.05) is 0 Å². The van der Waals surface area contributed by atoms with E-state index in [9.17, 15) is 9.59 Å². The van der Waals surface area contributed by atoms with Crippen LogP contribution < -0.4 is 0 Å². The molecule has 1 aliphatic rings. The molecule has 0 radical (unpaired) electrons. The van der Waals surface area contributed by atoms with E-state index in [1.807, 2.05) is 30.3 Å². The Labute approximate surface area is 153 Å². The summed E-state index contributed by atoms with van der Waals surface area (Å²) in [7, 11) is 0. The molecular formula is C18H17BrN2O4. The van der Waals surface area contributed by atoms with Gasteiger partial charge in [0.15, 0.2) is 0 Å². The minimum atomic E-state index is -0.907. The number of aliphatic carboxylic acids is 1. The number of hydrogen-bond acceptors (Lipinski definition) is 4. The van der Waals surface area contributed by atoms with E-state index < -0.39 is 5.97 Å². The van der Waals surface area contributed by atoms with Crippen LogP contribution in [0.2, 0.25) is 0 Å². The van der Waals surface area contributed by atoms with Crippen LogP contribution in [0, 0.1) is 0 Å². The van der Waals surface area contributed by atoms with Crippen LogP contribution in [0.5, 0.6) is 0 Å². The van der Waals surface area contributed by atoms with Crippen molar-refractivity contribution in [2.45, 2.75) is 31.7 Å². The molecule has 130 valence electrons. The number of hydrazone groups is 1. The molecule has 0 bridgehead atoms. The average Bonchev–Trinajstić information content (AvgIpc) is 3.24. The summed E-state index contributed by atoms with van der Waals surface area (Å²) < 4.78 is 6.45. The molecule has 1 aliphatic heterocycles. The number of benzene rings is 1. The van der Waals surface area contributed by atoms with Gasteiger partial charge in [0.25, 0.3) is 0 Å². The summed E-state index contributed by atoms with van der Waals surface area (Å²) in [6.45, 7) is 0. The summed E-state index contributed by atoms with van der Waals surface area (Å²) in [6, 6.07) is 11.0. The zero-order chi connectivity index (χ0) is 17.8. The first kappa shape index (κ1) is 17.4. The van der Waals surface area contributed by atoms with E-state index in [1.165, 1.54) is 5.01 Å². The Balaban J connectivity index is 1.80. The van der Waals surface area contributed by atoms with E-state index in [4.69, 9.17) is 9.52 Å². The summed E-state index contributed by atoms with van der Waals surface area (Å²) in [5.41, 5.74) is 1.75. The predicted octanol–water partition coefficient (Wildman–Crippen LogP) is 3.97. The minimum Gasteiger partial charge on any atom is -0.481 e. The molecule has 1 amide bonds. The molecule has 0 saturated carbocycles. The van der Waals surface area contributed by atoms with Gasteiger partial charge in [-0.2, -0.15) is 5.10 Å². The summed E-state index contributed by atoms with van der Waals surface area (Å²) in [4.78, 5) is 23.2. The highest BCUT2D eigenvalue weighted by Gasteiger charge is 2.34. The van der Waals surface area contributed by atoms with E-state index in [-0.39, 0.29) is 24.8 Å². The molecule has 0 spiro atoms. The number of furan rings is 1. The van der Waals surface area contributed by atoms with Crippen molar-refractivity contribution in [3.05, 3.63) is 58.5 Å². The van der Waals surface area contributed by atoms with Gasteiger partial charge in [0.1, 0.15) is 11.8 Å². The van der Waals surface area contributed by atoms with Crippen LogP contribution in [0.1, 0.15) is 43.0 Å². The van der Waals surface area contributed by atoms with Crippen LogP contribution in [-0.4, -0.2) is 27.7 Å². The van der Waals surface area contributed by atoms with Crippen molar-refractivity contribution in [1.82, 2.24) is 5.01 Å². The maximum Gasteiger partial charge on any atom is 0.303 e. The van der Waals surface area contributed by atoms with Crippen molar-refractivity contribution < 1.29 is 19.1 Å². The van der Waals surface area contributed by atoms with Gasteiger partial charge >= 0.3 is 5.97 Å². The lowest BCUT2D eigenvalue weighted by atomic mass is 10.0. The molecule has 6 nitrogen and oxygen atoms in total. The molecule has 0 unspecified atom stereocenters. The zero-order valence-electron chi connectivity index (χ0n) is 13.4. The van der Waals surface area contributed by atoms with Crippen LogP contribution >= 0.6 is 15.9 Å². The van der Waals surface area contributed by atoms with Crippen LogP contribution in [0.15, 0.2) is 56.7 Å². The van der Waals surface area contributed by atoms with Gasteiger partial charge < -0.3 is 9.52 Å². The molecule has 3 rings (SSSR count). The summed E-state index contributed by atoms with van der Waals surface area (Å²) in [6.07, 6.45) is 2.52. The predicted molar refractivity (Wildman–Crippen MR) is 95.1 cm³/mol. The number of carboxylic acids is 1. The van der Waals surface area contributed by atoms with Gasteiger partial charge in [0, 0.05) is 23.7 Å². The van der Waals surface area contributed by atoms with Crippen LogP contribution in [-0.2, 0) is 9.59 Å². The lowest BCUT2D eigenvalue weighted by molar-refractivity contribution is -0.137. The Morgan fingerprint density at radius 3 is 2.64 bits per heavy atom. The maximum atomic E-state index is 12.5. The fraction of sp³-hybridized carbons (Fsp3) is 0.278. The number of carbonyl (C=O) groups excluding carboxylic acids is 1. The van der Waals surface area contributed by atoms with Crippen LogP contribution in [0.4, 0.5) is 0 Å². The van der Waals surface area contributed by atoms with E-state index in [2.05, 4.69) is 21.0 Å². The Bertz CT molecular complexity index is 784. The molecule has 1 aromatic carbocycles. The Morgan fingerprint density at radius 1 is 1.24 bits per heavy atom. The highest BCUT2D eigenvalue weighted by atomic mass is 79.9. The third-order valence-electron chi connectivity index (χ3n) is 4.00. The monoisotopic (exact) mass is 404 g/mol. The number of amides is 1. The van der Waals surface area contributed by atoms with Crippen molar-refractivity contribution >= 4 is 33.5 Å². The van der Waals surface area contributed by atoms with Gasteiger partial charge in [-0.25, -0.2) is 5.01 Å². The van der Waals surface area contributed by atoms with E-state index in [0.717, 1.165) is 15.7 Å². The van der Waals surface area contributed by atoms with Crippen LogP contribution in [0.25, 0.3) is 0 Å². The number of hydrogen-bond donors (Lipinski definition) is 1. The van der Waals surface area contributed by atoms with Gasteiger partial charge in [-0.05, 0) is 36.2 Å². The number of nitrogens with zero attached hydrogens (tertiary/aromatic N) is 2. The molecular weight excluding hydrogens is 388 g/mol. The molecule has 7 heteroatoms. The van der Waals surface area contributed by atoms with Gasteiger partial charge in [-0.15, -0.1) is 0 Å². The van der Waals surface area contributed by atoms with Crippen molar-refractivity contribution in [3.63, 3.8) is 0 Å². The minimum absolute atomic E-state index is 0.0335. The highest BCUT2D eigenvalue weighted by molar-refractivity contribution is 9.10. The number of carboxylic acid groups (broad SMARTS) is 1. The summed E-state index contributed by atoms with van der Waals surface area (Å²) in [5, 5.41) is 14.7. The first-order valence-electron chi connectivity index (χ1n) is 7.95. The Morgan fingerprint density at radius 2 is 2.00 bits per heavy atom. The number of halogens is 1. The lowest BCUT2D eigenvalue weighted by Gasteiger charge is -2.19. The Kier molecular flexibility index (Phi) is 5.33. The SMILES string of the molecule is O=C(O)CCCC(=O)N1N=C(c2ccc(Br)cc2)C[C@@H]1c1ccco1. The fourth-order valence-electron chi connectivity index (χ4n) is 2.76. The second-order valence-electron chi connectivity index (χ2n) is 5.77. The molecule has 25 heavy (non-hydrogen) atoms. The molecule has 0 fully saturated rings. The standard InChI is InChI=1S/C18H17BrN2O4/c19-13-8-6-12(7-9-13)14-11-15(16-3-2-10-25-16)21(20-14)17(22)4-1-5-18(23)24/h2-3,6-10,15H,1,4-5,11H2,(H,23,24)/t15-/m1/s1. The summed E-state index contributed by atoms with van der Waals surface area (Å²) >= 11 is 3.41. The fourth-order valence-corrected chi connectivity index (χ4v) is 3.03. The van der Waals surface area contributed by atoms with Crippen molar-refractivity contribution in [1.29, 1.82) is 0 Å². The molecule has 1 N–H and O–H groups in total. The maximum absolute atomic E-state index is 12.5. The third-order valence-corrected chi connectivity index (χ3v) is 4.52. The normalized spacial score (nSPS) is 16.8. The first-order chi connectivity index (χ1) is 12.0. The quantitative estimate of drug-likeness (QED) is 0.788. The van der Waals surface area contributed by atoms with Gasteiger partial charge in [0.2, 0.25) is 5.91 Å². The van der Waals surface area contributed by atoms with E-state index >= 15 is 0 Å². The van der Waals surface area contributed by atoms with Crippen molar-refractivity contribution in [3.8, 4) is 0 Å². The topological polar surface area (TPSA) is 83.1 Å². The van der Waals surface area contributed by atoms with Gasteiger partial charge in [-0.3, -0.25) is 9.59 Å². The van der Waals surface area contributed by atoms with Crippen LogP contribution in [0.3, 0.4) is 0 Å². The Hall–Kier alpha value is -2.41. The smallest absolute Gasteiger partial charge is 0.303 e. The third kappa shape index (κ3) is 4.17. The average molecular weight is 405 g/mol. The molecule has 0 aliphatic carbocycles. The largest absolute Gasteiger partial charge is 0.481 e. The van der Waals surface area contributed by atoms with E-state index in [0.29, 0.717) is 18.6 Å². The molecule has 0 saturated heterocycles. The van der Waals surface area contributed by atoms with Crippen molar-refractivity contribution in [2.24, 2.45) is 5.10 Å². The second-order valence-corrected chi connectivity index (χ2v) is 6.69. The number of rotatable bonds is 6. The first-order valence-corrected chi connectivity index (χ1v) is 8.74. The molecule has 1 aromatic heterocycles. The molecule has 2 aromatic rings. The summed E-state index contributed by atoms with van der Waals surface area (Å²) in [5.74, 6) is -0.437. The van der Waals surface area contributed by atoms with Gasteiger partial charge in [0.05, 0.1) is 12.0 Å². The second kappa shape index (κ2) is 7.65. The lowest BCUT2D eigenvalue weighted by Crippen LogP contribution is -2.26. The van der Waals surface area contributed by atoms with Gasteiger partial charge in [-0.1, -0.05) is 28.1 Å². The molecule has 2 heterocycles. The zero-order valence-corrected chi connectivity index (χ0v) is 15.0. The molecule has 1 atom stereocenters.